The minimum absolute atomic E-state index is 0.272. The molecule has 1 spiro atoms. The molecule has 1 nitrogen and oxygen atoms in total. The van der Waals surface area contributed by atoms with E-state index in [2.05, 4.69) is 24.4 Å². The van der Waals surface area contributed by atoms with Crippen LogP contribution in [0.2, 0.25) is 10.0 Å². The standard InChI is InChI=1S/C17H23Cl2N/c1-2-20-12-17(10-16(11-17)7-3-4-8-16)13-5-6-14(18)15(19)9-13/h5-6,9,20H,2-4,7-8,10-12H2,1H3. The summed E-state index contributed by atoms with van der Waals surface area (Å²) in [5.74, 6) is 0. The molecule has 0 aromatic heterocycles. The van der Waals surface area contributed by atoms with Gasteiger partial charge in [0.2, 0.25) is 0 Å². The van der Waals surface area contributed by atoms with Gasteiger partial charge in [-0.3, -0.25) is 0 Å². The van der Waals surface area contributed by atoms with Crippen molar-refractivity contribution in [3.63, 3.8) is 0 Å². The summed E-state index contributed by atoms with van der Waals surface area (Å²) in [5.41, 5.74) is 2.27. The summed E-state index contributed by atoms with van der Waals surface area (Å²) in [5, 5.41) is 4.90. The molecule has 0 heterocycles. The second-order valence-corrected chi connectivity index (χ2v) is 7.56. The van der Waals surface area contributed by atoms with Crippen LogP contribution in [0.25, 0.3) is 0 Å². The molecular weight excluding hydrogens is 289 g/mol. The van der Waals surface area contributed by atoms with E-state index < -0.39 is 0 Å². The first-order chi connectivity index (χ1) is 9.59. The maximum Gasteiger partial charge on any atom is 0.0595 e. The van der Waals surface area contributed by atoms with E-state index in [4.69, 9.17) is 23.2 Å². The number of halogens is 2. The maximum absolute atomic E-state index is 6.23. The lowest BCUT2D eigenvalue weighted by atomic mass is 9.49. The molecule has 0 aliphatic heterocycles. The number of hydrogen-bond acceptors (Lipinski definition) is 1. The molecule has 0 amide bonds. The summed E-state index contributed by atoms with van der Waals surface area (Å²) >= 11 is 12.3. The quantitative estimate of drug-likeness (QED) is 0.806. The molecule has 2 aliphatic carbocycles. The minimum atomic E-state index is 0.272. The van der Waals surface area contributed by atoms with Crippen molar-refractivity contribution < 1.29 is 0 Å². The molecule has 0 saturated heterocycles. The Kier molecular flexibility index (Phi) is 4.05. The highest BCUT2D eigenvalue weighted by atomic mass is 35.5. The predicted octanol–water partition coefficient (Wildman–Crippen LogP) is 5.19. The van der Waals surface area contributed by atoms with Crippen LogP contribution >= 0.6 is 23.2 Å². The van der Waals surface area contributed by atoms with Crippen molar-refractivity contribution in [2.45, 2.75) is 50.9 Å². The van der Waals surface area contributed by atoms with Gasteiger partial charge in [0.05, 0.1) is 10.0 Å². The molecular formula is C17H23Cl2N. The van der Waals surface area contributed by atoms with E-state index in [0.717, 1.165) is 13.1 Å². The lowest BCUT2D eigenvalue weighted by molar-refractivity contribution is 0.0273. The molecule has 20 heavy (non-hydrogen) atoms. The summed E-state index contributed by atoms with van der Waals surface area (Å²) in [7, 11) is 0. The summed E-state index contributed by atoms with van der Waals surface area (Å²) in [6.07, 6.45) is 8.29. The van der Waals surface area contributed by atoms with Crippen LogP contribution in [0, 0.1) is 5.41 Å². The van der Waals surface area contributed by atoms with Gasteiger partial charge in [-0.25, -0.2) is 0 Å². The Morgan fingerprint density at radius 2 is 1.80 bits per heavy atom. The molecule has 3 heteroatoms. The van der Waals surface area contributed by atoms with Gasteiger partial charge in [-0.1, -0.05) is 49.0 Å². The highest BCUT2D eigenvalue weighted by Crippen LogP contribution is 2.62. The smallest absolute Gasteiger partial charge is 0.0595 e. The first kappa shape index (κ1) is 14.7. The van der Waals surface area contributed by atoms with E-state index in [1.807, 2.05) is 6.07 Å². The fourth-order valence-corrected chi connectivity index (χ4v) is 4.78. The van der Waals surface area contributed by atoms with Gasteiger partial charge < -0.3 is 5.32 Å². The predicted molar refractivity (Wildman–Crippen MR) is 86.8 cm³/mol. The van der Waals surface area contributed by atoms with Crippen molar-refractivity contribution >= 4 is 23.2 Å². The van der Waals surface area contributed by atoms with Gasteiger partial charge in [-0.05, 0) is 55.3 Å². The van der Waals surface area contributed by atoms with Crippen molar-refractivity contribution in [1.29, 1.82) is 0 Å². The van der Waals surface area contributed by atoms with E-state index in [1.54, 1.807) is 0 Å². The first-order valence-electron chi connectivity index (χ1n) is 7.76. The molecule has 0 unspecified atom stereocenters. The summed E-state index contributed by atoms with van der Waals surface area (Å²) in [4.78, 5) is 0. The normalized spacial score (nSPS) is 22.9. The lowest BCUT2D eigenvalue weighted by Crippen LogP contribution is -2.53. The highest BCUT2D eigenvalue weighted by molar-refractivity contribution is 6.42. The van der Waals surface area contributed by atoms with Gasteiger partial charge in [-0.15, -0.1) is 0 Å². The van der Waals surface area contributed by atoms with E-state index in [1.165, 1.54) is 44.1 Å². The second-order valence-electron chi connectivity index (χ2n) is 6.75. The third kappa shape index (κ3) is 2.49. The van der Waals surface area contributed by atoms with Crippen LogP contribution in [0.4, 0.5) is 0 Å². The van der Waals surface area contributed by atoms with Gasteiger partial charge >= 0.3 is 0 Å². The Labute approximate surface area is 132 Å². The van der Waals surface area contributed by atoms with Crippen molar-refractivity contribution in [1.82, 2.24) is 5.32 Å². The van der Waals surface area contributed by atoms with Crippen molar-refractivity contribution in [2.24, 2.45) is 5.41 Å². The zero-order valence-corrected chi connectivity index (χ0v) is 13.7. The molecule has 2 fully saturated rings. The number of nitrogens with one attached hydrogen (secondary N) is 1. The van der Waals surface area contributed by atoms with Gasteiger partial charge in [0, 0.05) is 12.0 Å². The molecule has 1 aromatic rings. The number of benzene rings is 1. The van der Waals surface area contributed by atoms with Crippen molar-refractivity contribution in [2.75, 3.05) is 13.1 Å². The van der Waals surface area contributed by atoms with Crippen LogP contribution in [-0.2, 0) is 5.41 Å². The number of likely N-dealkylation sites (N-methyl/N-ethyl adjacent to an activating group) is 1. The molecule has 1 aromatic carbocycles. The third-order valence-corrected chi connectivity index (χ3v) is 6.08. The van der Waals surface area contributed by atoms with Gasteiger partial charge in [0.25, 0.3) is 0 Å². The maximum atomic E-state index is 6.23. The Balaban J connectivity index is 1.85. The average Bonchev–Trinajstić information content (AvgIpc) is 2.87. The molecule has 110 valence electrons. The molecule has 2 saturated carbocycles. The summed E-state index contributed by atoms with van der Waals surface area (Å²) in [6, 6.07) is 6.21. The zero-order chi connectivity index (χ0) is 14.2. The lowest BCUT2D eigenvalue weighted by Gasteiger charge is -2.56. The van der Waals surface area contributed by atoms with E-state index in [0.29, 0.717) is 15.5 Å². The Morgan fingerprint density at radius 1 is 1.10 bits per heavy atom. The average molecular weight is 312 g/mol. The molecule has 1 N–H and O–H groups in total. The van der Waals surface area contributed by atoms with Crippen LogP contribution in [0.5, 0.6) is 0 Å². The molecule has 0 radical (unpaired) electrons. The largest absolute Gasteiger partial charge is 0.316 e. The van der Waals surface area contributed by atoms with Crippen LogP contribution < -0.4 is 5.32 Å². The van der Waals surface area contributed by atoms with Crippen LogP contribution in [0.15, 0.2) is 18.2 Å². The SMILES string of the molecule is CCNCC1(c2ccc(Cl)c(Cl)c2)CC2(CCCC2)C1. The number of rotatable bonds is 4. The van der Waals surface area contributed by atoms with E-state index in [9.17, 15) is 0 Å². The topological polar surface area (TPSA) is 12.0 Å². The summed E-state index contributed by atoms with van der Waals surface area (Å²) < 4.78 is 0. The minimum Gasteiger partial charge on any atom is -0.316 e. The Hall–Kier alpha value is -0.240. The Bertz CT molecular complexity index is 484. The monoisotopic (exact) mass is 311 g/mol. The molecule has 0 bridgehead atoms. The molecule has 2 aliphatic rings. The molecule has 3 rings (SSSR count). The zero-order valence-electron chi connectivity index (χ0n) is 12.1. The van der Waals surface area contributed by atoms with Gasteiger partial charge in [0.1, 0.15) is 0 Å². The van der Waals surface area contributed by atoms with Crippen molar-refractivity contribution in [3.8, 4) is 0 Å². The first-order valence-corrected chi connectivity index (χ1v) is 8.51. The second kappa shape index (κ2) is 5.51. The third-order valence-electron chi connectivity index (χ3n) is 5.34. The van der Waals surface area contributed by atoms with E-state index >= 15 is 0 Å². The molecule has 0 atom stereocenters. The van der Waals surface area contributed by atoms with Gasteiger partial charge in [-0.2, -0.15) is 0 Å². The van der Waals surface area contributed by atoms with Crippen LogP contribution in [-0.4, -0.2) is 13.1 Å². The van der Waals surface area contributed by atoms with Crippen LogP contribution in [0.3, 0.4) is 0 Å². The fraction of sp³-hybridized carbons (Fsp3) is 0.647. The Morgan fingerprint density at radius 3 is 2.40 bits per heavy atom. The van der Waals surface area contributed by atoms with Gasteiger partial charge in [0.15, 0.2) is 0 Å². The summed E-state index contributed by atoms with van der Waals surface area (Å²) in [6.45, 7) is 4.26. The highest BCUT2D eigenvalue weighted by Gasteiger charge is 2.55. The van der Waals surface area contributed by atoms with Crippen LogP contribution in [0.1, 0.15) is 51.0 Å². The van der Waals surface area contributed by atoms with E-state index in [-0.39, 0.29) is 5.41 Å². The van der Waals surface area contributed by atoms with Crippen molar-refractivity contribution in [3.05, 3.63) is 33.8 Å². The fourth-order valence-electron chi connectivity index (χ4n) is 4.48. The number of hydrogen-bond donors (Lipinski definition) is 1.